The minimum atomic E-state index is -1.33. The molecule has 0 spiro atoms. The Morgan fingerprint density at radius 3 is 0.716 bits per heavy atom. The highest BCUT2D eigenvalue weighted by Gasteiger charge is 2.19. The van der Waals surface area contributed by atoms with E-state index in [1.807, 2.05) is 0 Å². The summed E-state index contributed by atoms with van der Waals surface area (Å²) in [5.41, 5.74) is 23.7. The highest BCUT2D eigenvalue weighted by Crippen LogP contribution is 2.26. The van der Waals surface area contributed by atoms with Gasteiger partial charge < -0.3 is 0 Å². The van der Waals surface area contributed by atoms with Gasteiger partial charge in [-0.25, -0.2) is 17.6 Å². The van der Waals surface area contributed by atoms with Crippen LogP contribution < -0.4 is 0 Å². The van der Waals surface area contributed by atoms with Crippen LogP contribution in [0, 0.1) is 162 Å². The molecule has 74 heavy (non-hydrogen) atoms. The van der Waals surface area contributed by atoms with Gasteiger partial charge in [0.2, 0.25) is 0 Å². The number of aryl methyl sites for hydroxylation is 12. The first-order valence-electron chi connectivity index (χ1n) is 25.5. The average Bonchev–Trinajstić information content (AvgIpc) is 3.38. The zero-order valence-corrected chi connectivity index (χ0v) is 48.2. The van der Waals surface area contributed by atoms with Crippen LogP contribution in [0.5, 0.6) is 0 Å². The summed E-state index contributed by atoms with van der Waals surface area (Å²) < 4.78 is 50.6. The second-order valence-corrected chi connectivity index (χ2v) is 20.2. The Labute approximate surface area is 443 Å². The molecule has 0 aromatic heterocycles. The predicted molar refractivity (Wildman–Crippen MR) is 315 cm³/mol. The fourth-order valence-corrected chi connectivity index (χ4v) is 8.17. The fraction of sp³-hybridized carbons (Fsp3) is 0.286. The van der Waals surface area contributed by atoms with E-state index in [2.05, 4.69) is 258 Å². The van der Waals surface area contributed by atoms with Crippen molar-refractivity contribution in [3.63, 3.8) is 0 Å². The molecule has 9 aromatic rings. The van der Waals surface area contributed by atoms with Crippen molar-refractivity contribution in [3.05, 3.63) is 268 Å². The monoisotopic (exact) mass is 999 g/mol. The maximum atomic E-state index is 12.7. The third kappa shape index (κ3) is 17.7. The van der Waals surface area contributed by atoms with Crippen molar-refractivity contribution in [2.45, 2.75) is 138 Å². The van der Waals surface area contributed by atoms with Crippen LogP contribution in [0.1, 0.15) is 111 Å². The van der Waals surface area contributed by atoms with Crippen LogP contribution in [0.2, 0.25) is 0 Å². The molecule has 0 aliphatic carbocycles. The topological polar surface area (TPSA) is 0 Å². The van der Waals surface area contributed by atoms with Crippen molar-refractivity contribution in [1.29, 1.82) is 0 Å². The maximum Gasteiger partial charge on any atom is 0.165 e. The van der Waals surface area contributed by atoms with Gasteiger partial charge in [-0.2, -0.15) is 0 Å². The number of hydrogen-bond donors (Lipinski definition) is 0. The van der Waals surface area contributed by atoms with Gasteiger partial charge in [0, 0.05) is 11.1 Å². The summed E-state index contributed by atoms with van der Waals surface area (Å²) in [4.78, 5) is 0. The first kappa shape index (κ1) is 61.5. The van der Waals surface area contributed by atoms with Gasteiger partial charge in [0.25, 0.3) is 0 Å². The molecule has 0 fully saturated rings. The quantitative estimate of drug-likeness (QED) is 0.105. The van der Waals surface area contributed by atoms with Crippen molar-refractivity contribution in [2.24, 2.45) is 0 Å². The summed E-state index contributed by atoms with van der Waals surface area (Å²) in [6, 6.07) is 47.4. The Kier molecular flexibility index (Phi) is 23.8. The van der Waals surface area contributed by atoms with E-state index < -0.39 is 34.4 Å². The summed E-state index contributed by atoms with van der Waals surface area (Å²) in [5, 5.41) is 5.41. The fourth-order valence-electron chi connectivity index (χ4n) is 8.17. The molecule has 0 saturated heterocycles. The van der Waals surface area contributed by atoms with Gasteiger partial charge >= 0.3 is 0 Å². The Balaban J connectivity index is 0.000000229. The van der Waals surface area contributed by atoms with E-state index in [1.54, 1.807) is 0 Å². The molecule has 9 rings (SSSR count). The molecule has 0 atom stereocenters. The lowest BCUT2D eigenvalue weighted by atomic mass is 9.90. The average molecular weight is 999 g/mol. The molecule has 0 amide bonds. The SMILES string of the molecule is Cc1c(C)c(C)c(C)c(C)c1C.Cc1c(F)c(F)c(C)c(F)c1F.Cc1cc(C)c(C)cc1C.Cc1ccc(C)c2ccccc12.Cc1ccc(C)cc1.Cc1ccc2cc(C)ccc2c1.Cc1cccc(C)c1. The predicted octanol–water partition coefficient (Wildman–Crippen LogP) is 20.8. The summed E-state index contributed by atoms with van der Waals surface area (Å²) in [7, 11) is 0. The minimum Gasteiger partial charge on any atom is -0.203 e. The molecular formula is C70H82F4. The van der Waals surface area contributed by atoms with Crippen LogP contribution >= 0.6 is 0 Å². The summed E-state index contributed by atoms with van der Waals surface area (Å²) >= 11 is 0. The number of hydrogen-bond acceptors (Lipinski definition) is 0. The second-order valence-electron chi connectivity index (χ2n) is 20.2. The van der Waals surface area contributed by atoms with Gasteiger partial charge in [-0.05, 0) is 227 Å². The smallest absolute Gasteiger partial charge is 0.165 e. The molecule has 0 saturated carbocycles. The van der Waals surface area contributed by atoms with Crippen LogP contribution in [-0.2, 0) is 0 Å². The number of fused-ring (bicyclic) bond motifs is 2. The molecule has 0 aliphatic rings. The Morgan fingerprint density at radius 1 is 0.203 bits per heavy atom. The van der Waals surface area contributed by atoms with Crippen molar-refractivity contribution in [2.75, 3.05) is 0 Å². The summed E-state index contributed by atoms with van der Waals surface area (Å²) in [5.74, 6) is -5.31. The Hall–Kier alpha value is -6.78. The van der Waals surface area contributed by atoms with E-state index in [4.69, 9.17) is 0 Å². The highest BCUT2D eigenvalue weighted by atomic mass is 19.2. The van der Waals surface area contributed by atoms with Crippen LogP contribution in [0.25, 0.3) is 21.5 Å². The molecule has 0 N–H and O–H groups in total. The van der Waals surface area contributed by atoms with Crippen LogP contribution in [0.15, 0.2) is 133 Å². The lowest BCUT2D eigenvalue weighted by Gasteiger charge is -2.15. The van der Waals surface area contributed by atoms with E-state index in [0.717, 1.165) is 13.8 Å². The van der Waals surface area contributed by atoms with Gasteiger partial charge in [-0.1, -0.05) is 167 Å². The van der Waals surface area contributed by atoms with Gasteiger partial charge in [0.05, 0.1) is 0 Å². The summed E-state index contributed by atoms with van der Waals surface area (Å²) in [6.45, 7) is 40.8. The van der Waals surface area contributed by atoms with E-state index in [-0.39, 0.29) is 0 Å². The van der Waals surface area contributed by atoms with E-state index in [0.29, 0.717) is 0 Å². The maximum absolute atomic E-state index is 12.7. The first-order chi connectivity index (χ1) is 34.7. The second kappa shape index (κ2) is 28.6. The van der Waals surface area contributed by atoms with E-state index in [9.17, 15) is 17.6 Å². The van der Waals surface area contributed by atoms with Gasteiger partial charge in [-0.3, -0.25) is 0 Å². The van der Waals surface area contributed by atoms with E-state index in [1.165, 1.54) is 122 Å². The van der Waals surface area contributed by atoms with Crippen molar-refractivity contribution >= 4 is 21.5 Å². The standard InChI is InChI=1S/2C12H12.C12H18.C10H14.C8H6F4.2C8H10/c1-9-3-5-12-8-10(2)4-6-11(12)7-9;1-9-7-8-10(2)12-6-4-3-5-11(9)12;1-7-8(2)10(4)12(6)11(5)9(7)3;1-7-5-9(3)10(4)6-8(7)2;1-3-5(9)7(11)4(2)8(12)6(3)10;1-7-3-5-8(2)6-4-7;1-7-4-3-5-8(2)6-7/h2*3-8H,1-2H3;1-6H3;5-6H,1-4H3;1-2H3;2*3-6H,1-2H3. The molecule has 0 aliphatic heterocycles. The molecule has 0 radical (unpaired) electrons. The number of rotatable bonds is 0. The zero-order valence-electron chi connectivity index (χ0n) is 48.2. The van der Waals surface area contributed by atoms with Crippen LogP contribution in [0.3, 0.4) is 0 Å². The highest BCUT2D eigenvalue weighted by molar-refractivity contribution is 5.88. The Morgan fingerprint density at radius 2 is 0.459 bits per heavy atom. The molecular weight excluding hydrogens is 917 g/mol. The van der Waals surface area contributed by atoms with Crippen molar-refractivity contribution < 1.29 is 17.6 Å². The van der Waals surface area contributed by atoms with Crippen molar-refractivity contribution in [1.82, 2.24) is 0 Å². The minimum absolute atomic E-state index is 0.629. The lowest BCUT2D eigenvalue weighted by molar-refractivity contribution is 0.436. The Bertz CT molecular complexity index is 2850. The third-order valence-corrected chi connectivity index (χ3v) is 14.1. The van der Waals surface area contributed by atoms with Gasteiger partial charge in [0.1, 0.15) is 0 Å². The lowest BCUT2D eigenvalue weighted by Crippen LogP contribution is -2.02. The molecule has 0 bridgehead atoms. The molecule has 390 valence electrons. The number of benzene rings is 9. The molecule has 0 unspecified atom stereocenters. The van der Waals surface area contributed by atoms with Crippen LogP contribution in [0.4, 0.5) is 17.6 Å². The number of halogens is 4. The van der Waals surface area contributed by atoms with E-state index >= 15 is 0 Å². The largest absolute Gasteiger partial charge is 0.203 e. The normalized spacial score (nSPS) is 10.2. The molecule has 0 heterocycles. The molecule has 0 nitrogen and oxygen atoms in total. The third-order valence-electron chi connectivity index (χ3n) is 14.1. The molecule has 9 aromatic carbocycles. The zero-order chi connectivity index (χ0) is 55.7. The van der Waals surface area contributed by atoms with Crippen molar-refractivity contribution in [3.8, 4) is 0 Å². The van der Waals surface area contributed by atoms with Gasteiger partial charge in [0.15, 0.2) is 23.3 Å². The first-order valence-corrected chi connectivity index (χ1v) is 25.5. The van der Waals surface area contributed by atoms with Gasteiger partial charge in [-0.15, -0.1) is 0 Å². The summed E-state index contributed by atoms with van der Waals surface area (Å²) in [6.07, 6.45) is 0. The molecule has 4 heteroatoms. The van der Waals surface area contributed by atoms with Crippen LogP contribution in [-0.4, -0.2) is 0 Å².